The highest BCUT2D eigenvalue weighted by atomic mass is 35.5. The smallest absolute Gasteiger partial charge is 0.422 e. The van der Waals surface area contributed by atoms with Crippen LogP contribution in [0, 0.1) is 0 Å². The van der Waals surface area contributed by atoms with E-state index >= 15 is 0 Å². The molecule has 13 heteroatoms. The topological polar surface area (TPSA) is 94.5 Å². The number of unbranched alkanes of at least 4 members (excludes halogenated alkanes) is 1. The number of nitrogens with zero attached hydrogens (tertiary/aromatic N) is 1. The Morgan fingerprint density at radius 1 is 0.975 bits per heavy atom. The Hall–Kier alpha value is -2.73. The van der Waals surface area contributed by atoms with Crippen LogP contribution < -0.4 is 4.74 Å². The predicted molar refractivity (Wildman–Crippen MR) is 143 cm³/mol. The maximum absolute atomic E-state index is 12.5. The van der Waals surface area contributed by atoms with Gasteiger partial charge >= 0.3 is 18.2 Å². The van der Waals surface area contributed by atoms with Crippen LogP contribution in [0.3, 0.4) is 0 Å². The van der Waals surface area contributed by atoms with E-state index in [0.29, 0.717) is 35.2 Å². The first-order valence-corrected chi connectivity index (χ1v) is 13.3. The zero-order valence-electron chi connectivity index (χ0n) is 21.9. The average molecular weight is 610 g/mol. The van der Waals surface area contributed by atoms with Crippen molar-refractivity contribution in [1.82, 2.24) is 4.90 Å². The van der Waals surface area contributed by atoms with Crippen molar-refractivity contribution in [2.24, 2.45) is 0 Å². The highest BCUT2D eigenvalue weighted by molar-refractivity contribution is 6.34. The summed E-state index contributed by atoms with van der Waals surface area (Å²) < 4.78 is 58.5. The van der Waals surface area contributed by atoms with Gasteiger partial charge in [-0.3, -0.25) is 0 Å². The molecule has 1 amide bonds. The second kappa shape index (κ2) is 17.2. The van der Waals surface area contributed by atoms with E-state index in [-0.39, 0.29) is 39.3 Å². The maximum Gasteiger partial charge on any atom is 0.422 e. The molecule has 8 nitrogen and oxygen atoms in total. The summed E-state index contributed by atoms with van der Waals surface area (Å²) in [5, 5.41) is 10.2. The van der Waals surface area contributed by atoms with Gasteiger partial charge in [-0.25, -0.2) is 9.59 Å². The number of halogens is 5. The van der Waals surface area contributed by atoms with E-state index in [9.17, 15) is 27.9 Å². The van der Waals surface area contributed by atoms with Crippen molar-refractivity contribution in [2.75, 3.05) is 39.5 Å². The minimum atomic E-state index is -4.64. The molecule has 0 aliphatic carbocycles. The number of benzene rings is 2. The quantitative estimate of drug-likeness (QED) is 0.207. The van der Waals surface area contributed by atoms with Gasteiger partial charge < -0.3 is 29.0 Å². The fraction of sp³-hybridized carbons (Fsp3) is 0.481. The second-order valence-electron chi connectivity index (χ2n) is 8.67. The second-order valence-corrected chi connectivity index (χ2v) is 9.55. The first kappa shape index (κ1) is 33.5. The monoisotopic (exact) mass is 609 g/mol. The van der Waals surface area contributed by atoms with Crippen LogP contribution in [0.15, 0.2) is 42.5 Å². The zero-order valence-corrected chi connectivity index (χ0v) is 23.4. The third-order valence-electron chi connectivity index (χ3n) is 5.39. The van der Waals surface area contributed by atoms with Gasteiger partial charge in [0, 0.05) is 36.2 Å². The van der Waals surface area contributed by atoms with E-state index in [4.69, 9.17) is 37.4 Å². The number of rotatable bonds is 17. The minimum absolute atomic E-state index is 0.00316. The van der Waals surface area contributed by atoms with Crippen molar-refractivity contribution in [2.45, 2.75) is 45.1 Å². The Balaban J connectivity index is 1.82. The number of carboxylic acids is 1. The summed E-state index contributed by atoms with van der Waals surface area (Å²) >= 11 is 11.9. The molecule has 2 aromatic carbocycles. The number of carboxylic acid groups (broad SMARTS) is 1. The molecule has 0 spiro atoms. The Morgan fingerprint density at radius 3 is 2.25 bits per heavy atom. The van der Waals surface area contributed by atoms with Crippen LogP contribution in [0.5, 0.6) is 5.75 Å². The number of ether oxygens (including phenoxy) is 4. The lowest BCUT2D eigenvalue weighted by molar-refractivity contribution is -0.162. The molecule has 0 fully saturated rings. The third kappa shape index (κ3) is 13.6. The molecule has 0 aromatic heterocycles. The lowest BCUT2D eigenvalue weighted by Gasteiger charge is -2.22. The zero-order chi connectivity index (χ0) is 29.5. The molecule has 222 valence electrons. The van der Waals surface area contributed by atoms with Gasteiger partial charge in [0.2, 0.25) is 0 Å². The third-order valence-corrected chi connectivity index (χ3v) is 5.83. The standard InChI is InChI=1S/C27H32Cl2F3NO7/c1-2-38-24(25(34)35)15-19-5-7-23(8-6-19)39-12-10-33(26(36)40-18-27(30,31)32)9-3-4-11-37-17-20-13-21(28)16-22(29)14-20/h5-8,13-14,16,24H,2-4,9-12,15,17-18H2,1H3,(H,34,35). The Labute approximate surface area is 240 Å². The van der Waals surface area contributed by atoms with E-state index in [0.717, 1.165) is 16.0 Å². The number of alkyl halides is 3. The van der Waals surface area contributed by atoms with Crippen molar-refractivity contribution >= 4 is 35.3 Å². The van der Waals surface area contributed by atoms with Crippen molar-refractivity contribution in [3.8, 4) is 5.75 Å². The first-order valence-electron chi connectivity index (χ1n) is 12.5. The Kier molecular flexibility index (Phi) is 14.4. The minimum Gasteiger partial charge on any atom is -0.492 e. The Bertz CT molecular complexity index is 1050. The van der Waals surface area contributed by atoms with Crippen molar-refractivity contribution in [3.63, 3.8) is 0 Å². The number of hydrogen-bond acceptors (Lipinski definition) is 6. The molecule has 0 saturated heterocycles. The summed E-state index contributed by atoms with van der Waals surface area (Å²) in [7, 11) is 0. The van der Waals surface area contributed by atoms with Crippen LogP contribution >= 0.6 is 23.2 Å². The van der Waals surface area contributed by atoms with Gasteiger partial charge in [0.1, 0.15) is 12.4 Å². The average Bonchev–Trinajstić information content (AvgIpc) is 2.87. The largest absolute Gasteiger partial charge is 0.492 e. The van der Waals surface area contributed by atoms with Gasteiger partial charge in [-0.05, 0) is 61.2 Å². The summed E-state index contributed by atoms with van der Waals surface area (Å²) in [5.41, 5.74) is 1.53. The van der Waals surface area contributed by atoms with Crippen LogP contribution in [0.4, 0.5) is 18.0 Å². The molecule has 0 aliphatic rings. The Morgan fingerprint density at radius 2 is 1.65 bits per heavy atom. The maximum atomic E-state index is 12.5. The van der Waals surface area contributed by atoms with Gasteiger partial charge in [-0.1, -0.05) is 35.3 Å². The number of carbonyl (C=O) groups excluding carboxylic acids is 1. The summed E-state index contributed by atoms with van der Waals surface area (Å²) in [6.07, 6.45) is -5.53. The molecule has 1 unspecified atom stereocenters. The van der Waals surface area contributed by atoms with E-state index in [2.05, 4.69) is 4.74 Å². The van der Waals surface area contributed by atoms with E-state index in [1.165, 1.54) is 0 Å². The molecular weight excluding hydrogens is 578 g/mol. The number of hydrogen-bond donors (Lipinski definition) is 1. The van der Waals surface area contributed by atoms with Crippen molar-refractivity contribution in [3.05, 3.63) is 63.6 Å². The molecule has 1 N–H and O–H groups in total. The lowest BCUT2D eigenvalue weighted by Crippen LogP contribution is -2.37. The van der Waals surface area contributed by atoms with E-state index in [1.807, 2.05) is 0 Å². The summed E-state index contributed by atoms with van der Waals surface area (Å²) in [6, 6.07) is 11.7. The molecule has 2 aromatic rings. The van der Waals surface area contributed by atoms with Crippen molar-refractivity contribution < 1.29 is 46.8 Å². The first-order chi connectivity index (χ1) is 19.0. The SMILES string of the molecule is CCOC(Cc1ccc(OCCN(CCCCOCc2cc(Cl)cc(Cl)c2)C(=O)OCC(F)(F)F)cc1)C(=O)O. The molecular formula is C27H32Cl2F3NO7. The van der Waals surface area contributed by atoms with Crippen LogP contribution in [0.2, 0.25) is 10.0 Å². The highest BCUT2D eigenvalue weighted by Gasteiger charge is 2.30. The number of aliphatic carboxylic acids is 1. The molecule has 0 heterocycles. The van der Waals surface area contributed by atoms with E-state index in [1.54, 1.807) is 49.4 Å². The fourth-order valence-corrected chi connectivity index (χ4v) is 4.12. The summed E-state index contributed by atoms with van der Waals surface area (Å²) in [6.45, 7) is 1.06. The normalized spacial score (nSPS) is 12.2. The van der Waals surface area contributed by atoms with Crippen LogP contribution in [0.25, 0.3) is 0 Å². The van der Waals surface area contributed by atoms with Gasteiger partial charge in [-0.2, -0.15) is 13.2 Å². The van der Waals surface area contributed by atoms with Crippen LogP contribution in [-0.4, -0.2) is 73.9 Å². The lowest BCUT2D eigenvalue weighted by atomic mass is 10.1. The number of amides is 1. The van der Waals surface area contributed by atoms with Crippen LogP contribution in [-0.2, 0) is 32.0 Å². The van der Waals surface area contributed by atoms with E-state index < -0.39 is 30.9 Å². The van der Waals surface area contributed by atoms with Crippen molar-refractivity contribution in [1.29, 1.82) is 0 Å². The molecule has 0 saturated carbocycles. The fourth-order valence-electron chi connectivity index (χ4n) is 3.55. The van der Waals surface area contributed by atoms with Gasteiger partial charge in [-0.15, -0.1) is 0 Å². The van der Waals surface area contributed by atoms with Crippen LogP contribution in [0.1, 0.15) is 30.9 Å². The van der Waals surface area contributed by atoms with Gasteiger partial charge in [0.05, 0.1) is 13.2 Å². The molecule has 1 atom stereocenters. The molecule has 0 radical (unpaired) electrons. The molecule has 0 bridgehead atoms. The summed E-state index contributed by atoms with van der Waals surface area (Å²) in [5.74, 6) is -0.609. The van der Waals surface area contributed by atoms with Gasteiger partial charge in [0.25, 0.3) is 0 Å². The molecule has 2 rings (SSSR count). The summed E-state index contributed by atoms with van der Waals surface area (Å²) in [4.78, 5) is 24.7. The molecule has 0 aliphatic heterocycles. The molecule has 40 heavy (non-hydrogen) atoms. The van der Waals surface area contributed by atoms with Gasteiger partial charge in [0.15, 0.2) is 12.7 Å². The number of carbonyl (C=O) groups is 2. The predicted octanol–water partition coefficient (Wildman–Crippen LogP) is 6.40. The highest BCUT2D eigenvalue weighted by Crippen LogP contribution is 2.20.